The number of alkyl halides is 3. The lowest BCUT2D eigenvalue weighted by molar-refractivity contribution is -0.140. The quantitative estimate of drug-likeness (QED) is 0.559. The number of hydrogen-bond acceptors (Lipinski definition) is 6. The van der Waals surface area contributed by atoms with Gasteiger partial charge in [-0.25, -0.2) is 19.0 Å². The van der Waals surface area contributed by atoms with E-state index in [0.717, 1.165) is 56.0 Å². The third-order valence-electron chi connectivity index (χ3n) is 6.51. The lowest BCUT2D eigenvalue weighted by atomic mass is 9.90. The molecule has 0 spiro atoms. The topological polar surface area (TPSA) is 71.8 Å². The molecule has 1 aromatic carbocycles. The third kappa shape index (κ3) is 4.55. The number of hydrogen-bond donors (Lipinski definition) is 1. The zero-order chi connectivity index (χ0) is 23.9. The summed E-state index contributed by atoms with van der Waals surface area (Å²) in [5, 5.41) is 7.96. The first-order valence-electron chi connectivity index (χ1n) is 11.4. The van der Waals surface area contributed by atoms with Crippen molar-refractivity contribution in [3.8, 4) is 0 Å². The van der Waals surface area contributed by atoms with Gasteiger partial charge in [-0.1, -0.05) is 6.07 Å². The van der Waals surface area contributed by atoms with Gasteiger partial charge in [-0.2, -0.15) is 18.2 Å². The van der Waals surface area contributed by atoms with Gasteiger partial charge in [-0.3, -0.25) is 0 Å². The largest absolute Gasteiger partial charge is 0.419 e. The average molecular weight is 475 g/mol. The van der Waals surface area contributed by atoms with Crippen LogP contribution in [0.4, 0.5) is 29.3 Å². The van der Waals surface area contributed by atoms with Crippen molar-refractivity contribution >= 4 is 11.8 Å². The molecule has 4 heterocycles. The number of nitrogens with zero attached hydrogens (tertiary/aromatic N) is 6. The molecule has 1 fully saturated rings. The molecule has 0 radical (unpaired) electrons. The van der Waals surface area contributed by atoms with E-state index >= 15 is 0 Å². The molecule has 7 nitrogen and oxygen atoms in total. The van der Waals surface area contributed by atoms with E-state index in [0.29, 0.717) is 30.3 Å². The fourth-order valence-electron chi connectivity index (χ4n) is 4.75. The van der Waals surface area contributed by atoms with Gasteiger partial charge in [-0.05, 0) is 50.3 Å². The van der Waals surface area contributed by atoms with E-state index in [1.807, 2.05) is 13.0 Å². The Morgan fingerprint density at radius 3 is 2.56 bits per heavy atom. The highest BCUT2D eigenvalue weighted by molar-refractivity contribution is 5.40. The van der Waals surface area contributed by atoms with Crippen LogP contribution in [0.25, 0.3) is 0 Å². The molecule has 0 bridgehead atoms. The maximum absolute atomic E-state index is 13.8. The average Bonchev–Trinajstić information content (AvgIpc) is 3.22. The maximum Gasteiger partial charge on any atom is 0.419 e. The van der Waals surface area contributed by atoms with Crippen LogP contribution >= 0.6 is 0 Å². The Morgan fingerprint density at radius 2 is 1.82 bits per heavy atom. The minimum atomic E-state index is -4.74. The summed E-state index contributed by atoms with van der Waals surface area (Å²) in [6, 6.07) is 5.36. The summed E-state index contributed by atoms with van der Waals surface area (Å²) in [6.45, 7) is 4.26. The van der Waals surface area contributed by atoms with Crippen LogP contribution in [0.1, 0.15) is 54.2 Å². The molecule has 1 unspecified atom stereocenters. The van der Waals surface area contributed by atoms with Gasteiger partial charge >= 0.3 is 6.18 Å². The molecule has 34 heavy (non-hydrogen) atoms. The van der Waals surface area contributed by atoms with Gasteiger partial charge in [0.2, 0.25) is 5.95 Å². The summed E-state index contributed by atoms with van der Waals surface area (Å²) in [5.74, 6) is 0.390. The van der Waals surface area contributed by atoms with Crippen LogP contribution in [0, 0.1) is 12.7 Å². The van der Waals surface area contributed by atoms with Crippen molar-refractivity contribution in [2.45, 2.75) is 57.3 Å². The van der Waals surface area contributed by atoms with Gasteiger partial charge in [0.05, 0.1) is 5.56 Å². The van der Waals surface area contributed by atoms with Crippen molar-refractivity contribution in [2.75, 3.05) is 23.3 Å². The van der Waals surface area contributed by atoms with Crippen LogP contribution in [-0.4, -0.2) is 43.9 Å². The van der Waals surface area contributed by atoms with Gasteiger partial charge in [0.1, 0.15) is 23.8 Å². The van der Waals surface area contributed by atoms with E-state index in [1.165, 1.54) is 6.07 Å². The Bertz CT molecular complexity index is 1170. The maximum atomic E-state index is 13.8. The van der Waals surface area contributed by atoms with Crippen molar-refractivity contribution in [2.24, 2.45) is 0 Å². The fraction of sp³-hybridized carbons (Fsp3) is 0.478. The molecule has 5 rings (SSSR count). The number of fused-ring (bicyclic) bond motifs is 1. The van der Waals surface area contributed by atoms with Crippen molar-refractivity contribution in [1.29, 1.82) is 0 Å². The number of aryl methyl sites for hydroxylation is 2. The molecule has 1 saturated heterocycles. The van der Waals surface area contributed by atoms with Crippen LogP contribution in [0.5, 0.6) is 0 Å². The minimum Gasteiger partial charge on any atom is -0.356 e. The van der Waals surface area contributed by atoms with E-state index in [2.05, 4.69) is 30.3 Å². The molecular weight excluding hydrogens is 450 g/mol. The van der Waals surface area contributed by atoms with Crippen molar-refractivity contribution in [3.05, 3.63) is 59.1 Å². The highest BCUT2D eigenvalue weighted by Crippen LogP contribution is 2.37. The summed E-state index contributed by atoms with van der Waals surface area (Å²) in [4.78, 5) is 15.4. The van der Waals surface area contributed by atoms with Crippen LogP contribution in [-0.2, 0) is 12.7 Å². The van der Waals surface area contributed by atoms with Crippen LogP contribution in [0.15, 0.2) is 30.6 Å². The Morgan fingerprint density at radius 1 is 1.03 bits per heavy atom. The summed E-state index contributed by atoms with van der Waals surface area (Å²) < 4.78 is 55.2. The first kappa shape index (κ1) is 22.5. The highest BCUT2D eigenvalue weighted by atomic mass is 19.4. The van der Waals surface area contributed by atoms with E-state index in [4.69, 9.17) is 0 Å². The molecule has 11 heteroatoms. The Balaban J connectivity index is 1.29. The molecule has 2 aliphatic rings. The number of halogens is 4. The lowest BCUT2D eigenvalue weighted by Crippen LogP contribution is -2.39. The standard InChI is InChI=1S/C23H25F4N7/c1-14-11-20(29-13-28-14)33-9-6-16(7-10-33)30-22-31-21-17(3-2-8-34(21)32-22)15-4-5-19(24)18(12-15)23(25,26)27/h4-5,11-13,16-17H,2-3,6-10H2,1H3,(H,30,32). The number of anilines is 2. The Kier molecular flexibility index (Phi) is 5.86. The number of rotatable bonds is 4. The molecule has 0 amide bonds. The molecule has 1 N–H and O–H groups in total. The zero-order valence-corrected chi connectivity index (χ0v) is 18.7. The van der Waals surface area contributed by atoms with Gasteiger partial charge in [0, 0.05) is 43.4 Å². The molecule has 3 aromatic rings. The van der Waals surface area contributed by atoms with Crippen molar-refractivity contribution in [1.82, 2.24) is 24.7 Å². The predicted octanol–water partition coefficient (Wildman–Crippen LogP) is 4.54. The number of aromatic nitrogens is 5. The number of benzene rings is 1. The van der Waals surface area contributed by atoms with Gasteiger partial charge < -0.3 is 10.2 Å². The lowest BCUT2D eigenvalue weighted by Gasteiger charge is -2.32. The van der Waals surface area contributed by atoms with Crippen molar-refractivity contribution in [3.63, 3.8) is 0 Å². The molecule has 2 aliphatic heterocycles. The molecule has 0 saturated carbocycles. The first-order valence-corrected chi connectivity index (χ1v) is 11.4. The van der Waals surface area contributed by atoms with E-state index in [9.17, 15) is 17.6 Å². The normalized spacial score (nSPS) is 19.2. The van der Waals surface area contributed by atoms with Crippen LogP contribution in [0.3, 0.4) is 0 Å². The second kappa shape index (κ2) is 8.84. The molecular formula is C23H25F4N7. The molecule has 1 atom stereocenters. The van der Waals surface area contributed by atoms with Crippen molar-refractivity contribution < 1.29 is 17.6 Å². The number of nitrogens with one attached hydrogen (secondary N) is 1. The van der Waals surface area contributed by atoms with Gasteiger partial charge in [0.15, 0.2) is 0 Å². The van der Waals surface area contributed by atoms with Gasteiger partial charge in [0.25, 0.3) is 0 Å². The molecule has 180 valence electrons. The summed E-state index contributed by atoms with van der Waals surface area (Å²) in [7, 11) is 0. The van der Waals surface area contributed by atoms with Gasteiger partial charge in [-0.15, -0.1) is 5.10 Å². The molecule has 0 aliphatic carbocycles. The third-order valence-corrected chi connectivity index (χ3v) is 6.51. The highest BCUT2D eigenvalue weighted by Gasteiger charge is 2.36. The Hall–Kier alpha value is -3.24. The summed E-state index contributed by atoms with van der Waals surface area (Å²) in [6.07, 6.45) is -0.0154. The summed E-state index contributed by atoms with van der Waals surface area (Å²) in [5.41, 5.74) is 0.0869. The Labute approximate surface area is 194 Å². The summed E-state index contributed by atoms with van der Waals surface area (Å²) >= 11 is 0. The SMILES string of the molecule is Cc1cc(N2CCC(Nc3nc4n(n3)CCCC4c3ccc(F)c(C(F)(F)F)c3)CC2)ncn1. The fourth-order valence-corrected chi connectivity index (χ4v) is 4.75. The van der Waals surface area contributed by atoms with Crippen LogP contribution in [0.2, 0.25) is 0 Å². The van der Waals surface area contributed by atoms with E-state index in [1.54, 1.807) is 11.0 Å². The molecule has 2 aromatic heterocycles. The van der Waals surface area contributed by atoms with E-state index in [-0.39, 0.29) is 12.0 Å². The zero-order valence-electron chi connectivity index (χ0n) is 18.7. The first-order chi connectivity index (χ1) is 16.3. The minimum absolute atomic E-state index is 0.185. The van der Waals surface area contributed by atoms with E-state index < -0.39 is 17.6 Å². The number of piperidine rings is 1. The second-order valence-corrected chi connectivity index (χ2v) is 8.87. The monoisotopic (exact) mass is 475 g/mol. The predicted molar refractivity (Wildman–Crippen MR) is 118 cm³/mol. The van der Waals surface area contributed by atoms with Crippen LogP contribution < -0.4 is 10.2 Å². The smallest absolute Gasteiger partial charge is 0.356 e. The second-order valence-electron chi connectivity index (χ2n) is 8.87.